The lowest BCUT2D eigenvalue weighted by Gasteiger charge is -2.21. The smallest absolute Gasteiger partial charge is 0.309 e. The summed E-state index contributed by atoms with van der Waals surface area (Å²) in [6.07, 6.45) is -9.26. The Balaban J connectivity index is 1.39. The van der Waals surface area contributed by atoms with Crippen molar-refractivity contribution in [2.24, 2.45) is 0 Å². The van der Waals surface area contributed by atoms with Gasteiger partial charge < -0.3 is 9.13 Å². The molecule has 0 aliphatic heterocycles. The number of benzene rings is 6. The van der Waals surface area contributed by atoms with Crippen molar-refractivity contribution in [3.63, 3.8) is 0 Å². The van der Waals surface area contributed by atoms with Crippen LogP contribution in [0.1, 0.15) is 22.3 Å². The van der Waals surface area contributed by atoms with Crippen LogP contribution in [0.2, 0.25) is 0 Å². The van der Waals surface area contributed by atoms with Gasteiger partial charge in [0.05, 0.1) is 11.1 Å². The number of hydrogen-bond donors (Lipinski definition) is 0. The Kier molecular flexibility index (Phi) is 8.69. The molecule has 0 aliphatic carbocycles. The van der Waals surface area contributed by atoms with Gasteiger partial charge in [-0.2, -0.15) is 26.3 Å². The van der Waals surface area contributed by atoms with Crippen molar-refractivity contribution in [3.8, 4) is 0 Å². The first kappa shape index (κ1) is 35.0. The minimum atomic E-state index is -4.63. The average molecular weight is 749 g/mol. The molecular weight excluding hydrogens is 720 g/mol. The summed E-state index contributed by atoms with van der Waals surface area (Å²) in [5.74, 6) is 0. The van der Waals surface area contributed by atoms with E-state index in [9.17, 15) is 26.3 Å². The highest BCUT2D eigenvalue weighted by atomic mass is 32.1. The zero-order valence-corrected chi connectivity index (χ0v) is 29.7. The van der Waals surface area contributed by atoms with Crippen molar-refractivity contribution in [2.45, 2.75) is 26.2 Å². The molecule has 0 N–H and O–H groups in total. The summed E-state index contributed by atoms with van der Waals surface area (Å²) in [7, 11) is -7.28. The van der Waals surface area contributed by atoms with Crippen molar-refractivity contribution in [2.75, 3.05) is 0 Å². The molecule has 1 heterocycles. The quantitative estimate of drug-likeness (QED) is 0.125. The molecule has 0 unspecified atom stereocenters. The summed E-state index contributed by atoms with van der Waals surface area (Å²) in [5.41, 5.74) is 0.203. The molecule has 0 saturated heterocycles. The summed E-state index contributed by atoms with van der Waals surface area (Å²) in [6.45, 7) is 3.93. The van der Waals surface area contributed by atoms with Crippen molar-refractivity contribution >= 4 is 77.6 Å². The van der Waals surface area contributed by atoms with Crippen LogP contribution >= 0.6 is 25.6 Å². The second-order valence-corrected chi connectivity index (χ2v) is 19.1. The van der Waals surface area contributed by atoms with Crippen LogP contribution in [-0.4, -0.2) is 0 Å². The molecule has 0 radical (unpaired) electrons. The number of hydrogen-bond acceptors (Lipinski definition) is 3. The van der Waals surface area contributed by atoms with Gasteiger partial charge in [-0.25, -0.2) is 0 Å². The lowest BCUT2D eigenvalue weighted by Crippen LogP contribution is -2.25. The van der Waals surface area contributed by atoms with Gasteiger partial charge in [-0.15, -0.1) is 11.3 Å². The fourth-order valence-electron chi connectivity index (χ4n) is 6.27. The molecule has 6 aromatic carbocycles. The molecule has 2 nitrogen and oxygen atoms in total. The van der Waals surface area contributed by atoms with Gasteiger partial charge in [-0.05, 0) is 50.2 Å². The molecule has 7 rings (SSSR count). The van der Waals surface area contributed by atoms with Crippen LogP contribution < -0.4 is 31.8 Å². The van der Waals surface area contributed by atoms with E-state index in [1.807, 2.05) is 80.6 Å². The number of thiophene rings is 1. The Bertz CT molecular complexity index is 2390. The van der Waals surface area contributed by atoms with E-state index in [-0.39, 0.29) is 15.9 Å². The first-order valence-corrected chi connectivity index (χ1v) is 20.0. The van der Waals surface area contributed by atoms with Gasteiger partial charge in [0.15, 0.2) is 14.3 Å². The molecule has 1 aromatic heterocycles. The van der Waals surface area contributed by atoms with Gasteiger partial charge in [0.1, 0.15) is 0 Å². The molecule has 7 aromatic rings. The monoisotopic (exact) mass is 748 g/mol. The lowest BCUT2D eigenvalue weighted by molar-refractivity contribution is -0.138. The largest absolute Gasteiger partial charge is 0.416 e. The first-order chi connectivity index (χ1) is 24.1. The Labute approximate surface area is 294 Å². The van der Waals surface area contributed by atoms with Crippen LogP contribution in [0.15, 0.2) is 133 Å². The maximum Gasteiger partial charge on any atom is 0.416 e. The molecule has 0 bridgehead atoms. The maximum atomic E-state index is 15.2. The molecule has 258 valence electrons. The third-order valence-corrected chi connectivity index (χ3v) is 16.3. The maximum absolute atomic E-state index is 15.2. The van der Waals surface area contributed by atoms with Gasteiger partial charge in [0.2, 0.25) is 0 Å². The molecule has 11 heteroatoms. The molecule has 0 fully saturated rings. The SMILES string of the molecule is Cc1ccc(P(=O)(c2ccc(C)cc2)c2ccc3c(c2)sc2cc(P(=O)(c4ccc(C(F)(F)F)cc4)c4ccc(C(F)(F)F)cc4)ccc23)cc1. The first-order valence-electron chi connectivity index (χ1n) is 15.8. The Morgan fingerprint density at radius 3 is 0.980 bits per heavy atom. The predicted molar refractivity (Wildman–Crippen MR) is 198 cm³/mol. The summed E-state index contributed by atoms with van der Waals surface area (Å²) in [6, 6.07) is 33.8. The minimum absolute atomic E-state index is 0.0511. The second kappa shape index (κ2) is 12.7. The van der Waals surface area contributed by atoms with Crippen LogP contribution in [0.5, 0.6) is 0 Å². The normalized spacial score (nSPS) is 12.9. The van der Waals surface area contributed by atoms with Crippen LogP contribution in [0.3, 0.4) is 0 Å². The van der Waals surface area contributed by atoms with E-state index >= 15 is 9.13 Å². The van der Waals surface area contributed by atoms with E-state index in [0.29, 0.717) is 20.6 Å². The van der Waals surface area contributed by atoms with E-state index in [1.54, 1.807) is 18.2 Å². The standard InChI is InChI=1S/C40H28F6O2P2S/c1-25-3-11-29(12-4-25)49(47,30-13-5-26(2)6-14-30)33-19-21-35-36-22-20-34(24-38(36)51-37(35)23-33)50(48,31-15-7-27(8-16-31)39(41,42)43)32-17-9-28(10-18-32)40(44,45)46/h3-24H,1-2H3. The van der Waals surface area contributed by atoms with Crippen molar-refractivity contribution in [3.05, 3.63) is 156 Å². The highest BCUT2D eigenvalue weighted by Crippen LogP contribution is 2.47. The number of rotatable bonds is 6. The highest BCUT2D eigenvalue weighted by molar-refractivity contribution is 7.85. The Hall–Kier alpha value is -4.42. The zero-order chi connectivity index (χ0) is 36.3. The van der Waals surface area contributed by atoms with E-state index in [4.69, 9.17) is 0 Å². The lowest BCUT2D eigenvalue weighted by atomic mass is 10.1. The predicted octanol–water partition coefficient (Wildman–Crippen LogP) is 9.99. The van der Waals surface area contributed by atoms with E-state index in [2.05, 4.69) is 0 Å². The topological polar surface area (TPSA) is 34.1 Å². The summed E-state index contributed by atoms with van der Waals surface area (Å²) >= 11 is 1.38. The fourth-order valence-corrected chi connectivity index (χ4v) is 12.9. The number of aryl methyl sites for hydroxylation is 2. The van der Waals surface area contributed by atoms with E-state index in [1.165, 1.54) is 11.3 Å². The van der Waals surface area contributed by atoms with E-state index < -0.39 is 37.8 Å². The van der Waals surface area contributed by atoms with E-state index in [0.717, 1.165) is 75.1 Å². The zero-order valence-electron chi connectivity index (χ0n) is 27.1. The Morgan fingerprint density at radius 2 is 0.686 bits per heavy atom. The molecule has 0 amide bonds. The van der Waals surface area contributed by atoms with Crippen LogP contribution in [0.25, 0.3) is 20.2 Å². The van der Waals surface area contributed by atoms with Crippen LogP contribution in [0.4, 0.5) is 26.3 Å². The summed E-state index contributed by atoms with van der Waals surface area (Å²) < 4.78 is 112. The van der Waals surface area contributed by atoms with Crippen LogP contribution in [0, 0.1) is 13.8 Å². The summed E-state index contributed by atoms with van der Waals surface area (Å²) in [5, 5.41) is 4.05. The second-order valence-electron chi connectivity index (χ2n) is 12.4. The average Bonchev–Trinajstić information content (AvgIpc) is 3.48. The van der Waals surface area contributed by atoms with Gasteiger partial charge in [-0.1, -0.05) is 108 Å². The van der Waals surface area contributed by atoms with Gasteiger partial charge in [0, 0.05) is 52.0 Å². The van der Waals surface area contributed by atoms with Crippen LogP contribution in [-0.2, 0) is 21.5 Å². The Morgan fingerprint density at radius 1 is 0.412 bits per heavy atom. The molecule has 0 aliphatic rings. The molecule has 0 saturated carbocycles. The molecule has 0 atom stereocenters. The third kappa shape index (κ3) is 6.26. The third-order valence-electron chi connectivity index (χ3n) is 9.08. The molecule has 0 spiro atoms. The van der Waals surface area contributed by atoms with Gasteiger partial charge in [0.25, 0.3) is 0 Å². The number of halogens is 6. The van der Waals surface area contributed by atoms with Crippen molar-refractivity contribution in [1.29, 1.82) is 0 Å². The van der Waals surface area contributed by atoms with Crippen molar-refractivity contribution in [1.82, 2.24) is 0 Å². The summed E-state index contributed by atoms with van der Waals surface area (Å²) in [4.78, 5) is 0. The van der Waals surface area contributed by atoms with Gasteiger partial charge in [-0.3, -0.25) is 0 Å². The molecular formula is C40H28F6O2P2S. The fraction of sp³-hybridized carbons (Fsp3) is 0.100. The minimum Gasteiger partial charge on any atom is -0.309 e. The number of fused-ring (bicyclic) bond motifs is 3. The molecule has 51 heavy (non-hydrogen) atoms. The highest BCUT2D eigenvalue weighted by Gasteiger charge is 2.36. The number of alkyl halides is 6. The van der Waals surface area contributed by atoms with Crippen molar-refractivity contribution < 1.29 is 35.5 Å². The van der Waals surface area contributed by atoms with Gasteiger partial charge >= 0.3 is 12.4 Å².